The van der Waals surface area contributed by atoms with Gasteiger partial charge in [-0.1, -0.05) is 0 Å². The van der Waals surface area contributed by atoms with Crippen LogP contribution >= 0.6 is 25.3 Å². The van der Waals surface area contributed by atoms with Gasteiger partial charge in [-0.15, -0.1) is 0 Å². The molecule has 0 aliphatic rings. The van der Waals surface area contributed by atoms with E-state index in [9.17, 15) is 0 Å². The van der Waals surface area contributed by atoms with Crippen LogP contribution in [0.3, 0.4) is 0 Å². The summed E-state index contributed by atoms with van der Waals surface area (Å²) in [6, 6.07) is 3.86. The highest BCUT2D eigenvalue weighted by molar-refractivity contribution is 7.79. The van der Waals surface area contributed by atoms with Gasteiger partial charge in [0.05, 0.1) is 14.2 Å². The van der Waals surface area contributed by atoms with Crippen molar-refractivity contribution < 1.29 is 9.47 Å². The van der Waals surface area contributed by atoms with Crippen molar-refractivity contribution in [1.82, 2.24) is 0 Å². The zero-order valence-electron chi connectivity index (χ0n) is 8.28. The lowest BCUT2D eigenvalue weighted by Gasteiger charge is -2.13. The molecule has 14 heavy (non-hydrogen) atoms. The van der Waals surface area contributed by atoms with Gasteiger partial charge in [-0.2, -0.15) is 25.3 Å². The third kappa shape index (κ3) is 2.30. The molecule has 78 valence electrons. The summed E-state index contributed by atoms with van der Waals surface area (Å²) in [5, 5.41) is 0. The van der Waals surface area contributed by atoms with Crippen LogP contribution in [0.2, 0.25) is 0 Å². The SMILES string of the molecule is COc1cc(CS)c(OC)c(CS)c1. The Morgan fingerprint density at radius 3 is 1.79 bits per heavy atom. The van der Waals surface area contributed by atoms with E-state index in [0.29, 0.717) is 11.5 Å². The van der Waals surface area contributed by atoms with Crippen molar-refractivity contribution >= 4 is 25.3 Å². The minimum atomic E-state index is 0.626. The van der Waals surface area contributed by atoms with E-state index in [-0.39, 0.29) is 0 Å². The Morgan fingerprint density at radius 1 is 1.00 bits per heavy atom. The summed E-state index contributed by atoms with van der Waals surface area (Å²) >= 11 is 8.49. The summed E-state index contributed by atoms with van der Waals surface area (Å²) in [4.78, 5) is 0. The van der Waals surface area contributed by atoms with Crippen molar-refractivity contribution in [1.29, 1.82) is 0 Å². The smallest absolute Gasteiger partial charge is 0.127 e. The van der Waals surface area contributed by atoms with Gasteiger partial charge in [0, 0.05) is 22.6 Å². The van der Waals surface area contributed by atoms with Crippen molar-refractivity contribution in [2.75, 3.05) is 14.2 Å². The maximum Gasteiger partial charge on any atom is 0.127 e. The van der Waals surface area contributed by atoms with Crippen molar-refractivity contribution in [2.24, 2.45) is 0 Å². The minimum absolute atomic E-state index is 0.626. The lowest BCUT2D eigenvalue weighted by molar-refractivity contribution is 0.397. The first kappa shape index (κ1) is 11.6. The van der Waals surface area contributed by atoms with Gasteiger partial charge >= 0.3 is 0 Å². The molecule has 0 N–H and O–H groups in total. The van der Waals surface area contributed by atoms with Crippen LogP contribution in [0.25, 0.3) is 0 Å². The average Bonchev–Trinajstić information content (AvgIpc) is 2.26. The number of hydrogen-bond donors (Lipinski definition) is 2. The molecular formula is C10H14O2S2. The number of thiol groups is 2. The Bertz CT molecular complexity index is 288. The molecule has 0 saturated carbocycles. The fourth-order valence-corrected chi connectivity index (χ4v) is 1.81. The van der Waals surface area contributed by atoms with Crippen LogP contribution in [-0.4, -0.2) is 14.2 Å². The predicted molar refractivity (Wildman–Crippen MR) is 64.9 cm³/mol. The lowest BCUT2D eigenvalue weighted by Crippen LogP contribution is -1.96. The zero-order chi connectivity index (χ0) is 10.6. The highest BCUT2D eigenvalue weighted by Crippen LogP contribution is 2.31. The first-order chi connectivity index (χ1) is 6.76. The fraction of sp³-hybridized carbons (Fsp3) is 0.400. The molecule has 1 aromatic rings. The molecule has 0 saturated heterocycles. The van der Waals surface area contributed by atoms with Gasteiger partial charge in [0.2, 0.25) is 0 Å². The Hall–Kier alpha value is -0.480. The summed E-state index contributed by atoms with van der Waals surface area (Å²) in [7, 11) is 3.30. The van der Waals surface area contributed by atoms with Crippen LogP contribution < -0.4 is 9.47 Å². The average molecular weight is 230 g/mol. The van der Waals surface area contributed by atoms with E-state index in [2.05, 4.69) is 25.3 Å². The van der Waals surface area contributed by atoms with Crippen LogP contribution in [0.15, 0.2) is 12.1 Å². The van der Waals surface area contributed by atoms with Crippen molar-refractivity contribution in [3.05, 3.63) is 23.3 Å². The van der Waals surface area contributed by atoms with Crippen molar-refractivity contribution in [3.8, 4) is 11.5 Å². The van der Waals surface area contributed by atoms with Crippen molar-refractivity contribution in [3.63, 3.8) is 0 Å². The third-order valence-electron chi connectivity index (χ3n) is 2.00. The zero-order valence-corrected chi connectivity index (χ0v) is 10.1. The molecule has 0 bridgehead atoms. The van der Waals surface area contributed by atoms with Gasteiger partial charge in [0.25, 0.3) is 0 Å². The molecule has 0 heterocycles. The first-order valence-electron chi connectivity index (χ1n) is 4.22. The summed E-state index contributed by atoms with van der Waals surface area (Å²) in [6.07, 6.45) is 0. The molecule has 0 fully saturated rings. The van der Waals surface area contributed by atoms with Crippen LogP contribution in [0.5, 0.6) is 11.5 Å². The van der Waals surface area contributed by atoms with E-state index >= 15 is 0 Å². The molecule has 0 aromatic heterocycles. The second-order valence-electron chi connectivity index (χ2n) is 2.80. The molecule has 0 spiro atoms. The van der Waals surface area contributed by atoms with E-state index in [4.69, 9.17) is 9.47 Å². The van der Waals surface area contributed by atoms with Gasteiger partial charge in [0.1, 0.15) is 11.5 Å². The normalized spacial score (nSPS) is 10.0. The maximum absolute atomic E-state index is 5.30. The largest absolute Gasteiger partial charge is 0.497 e. The highest BCUT2D eigenvalue weighted by Gasteiger charge is 2.09. The van der Waals surface area contributed by atoms with Gasteiger partial charge < -0.3 is 9.47 Å². The van der Waals surface area contributed by atoms with E-state index < -0.39 is 0 Å². The summed E-state index contributed by atoms with van der Waals surface area (Å²) in [5.74, 6) is 2.93. The number of methoxy groups -OCH3 is 2. The molecule has 0 aliphatic heterocycles. The van der Waals surface area contributed by atoms with Crippen LogP contribution in [-0.2, 0) is 11.5 Å². The van der Waals surface area contributed by atoms with Gasteiger partial charge in [0.15, 0.2) is 0 Å². The van der Waals surface area contributed by atoms with Gasteiger partial charge in [-0.05, 0) is 12.1 Å². The standard InChI is InChI=1S/C10H14O2S2/c1-11-9-3-7(5-13)10(12-2)8(4-9)6-14/h3-4,13-14H,5-6H2,1-2H3. The van der Waals surface area contributed by atoms with E-state index in [1.54, 1.807) is 14.2 Å². The fourth-order valence-electron chi connectivity index (χ4n) is 1.34. The molecule has 1 rings (SSSR count). The summed E-state index contributed by atoms with van der Waals surface area (Å²) in [5.41, 5.74) is 2.05. The van der Waals surface area contributed by atoms with Crippen molar-refractivity contribution in [2.45, 2.75) is 11.5 Å². The summed E-state index contributed by atoms with van der Waals surface area (Å²) in [6.45, 7) is 0. The number of benzene rings is 1. The van der Waals surface area contributed by atoms with Crippen LogP contribution in [0.1, 0.15) is 11.1 Å². The third-order valence-corrected chi connectivity index (χ3v) is 2.68. The van der Waals surface area contributed by atoms with E-state index in [1.165, 1.54) is 0 Å². The first-order valence-corrected chi connectivity index (χ1v) is 5.48. The predicted octanol–water partition coefficient (Wildman–Crippen LogP) is 2.56. The second kappa shape index (κ2) is 5.41. The van der Waals surface area contributed by atoms with E-state index in [1.807, 2.05) is 12.1 Å². The Kier molecular flexibility index (Phi) is 4.48. The molecule has 0 radical (unpaired) electrons. The van der Waals surface area contributed by atoms with Crippen LogP contribution in [0.4, 0.5) is 0 Å². The second-order valence-corrected chi connectivity index (χ2v) is 3.43. The van der Waals surface area contributed by atoms with E-state index in [0.717, 1.165) is 22.6 Å². The Morgan fingerprint density at radius 2 is 1.50 bits per heavy atom. The molecule has 0 atom stereocenters. The molecule has 4 heteroatoms. The Balaban J connectivity index is 3.24. The minimum Gasteiger partial charge on any atom is -0.497 e. The Labute approximate surface area is 95.4 Å². The quantitative estimate of drug-likeness (QED) is 0.775. The lowest BCUT2D eigenvalue weighted by atomic mass is 10.1. The number of hydrogen-bond acceptors (Lipinski definition) is 4. The molecule has 2 nitrogen and oxygen atoms in total. The molecule has 0 unspecified atom stereocenters. The monoisotopic (exact) mass is 230 g/mol. The van der Waals surface area contributed by atoms with Crippen LogP contribution in [0, 0.1) is 0 Å². The molecule has 1 aromatic carbocycles. The summed E-state index contributed by atoms with van der Waals surface area (Å²) < 4.78 is 10.5. The molecular weight excluding hydrogens is 216 g/mol. The topological polar surface area (TPSA) is 18.5 Å². The molecule has 0 aliphatic carbocycles. The number of rotatable bonds is 4. The maximum atomic E-state index is 5.30. The number of ether oxygens (including phenoxy) is 2. The highest BCUT2D eigenvalue weighted by atomic mass is 32.1. The van der Waals surface area contributed by atoms with Gasteiger partial charge in [-0.25, -0.2) is 0 Å². The molecule has 0 amide bonds. The van der Waals surface area contributed by atoms with Gasteiger partial charge in [-0.3, -0.25) is 0 Å².